The average Bonchev–Trinajstić information content (AvgIpc) is 2.33. The Morgan fingerprint density at radius 2 is 1.72 bits per heavy atom. The number of carbonyl (C=O) groups is 2. The third-order valence-corrected chi connectivity index (χ3v) is 3.22. The summed E-state index contributed by atoms with van der Waals surface area (Å²) in [5.41, 5.74) is 5.39. The molecule has 4 nitrogen and oxygen atoms in total. The molecule has 18 heavy (non-hydrogen) atoms. The van der Waals surface area contributed by atoms with Crippen molar-refractivity contribution >= 4 is 24.4 Å². The maximum Gasteiger partial charge on any atom is 0.306 e. The summed E-state index contributed by atoms with van der Waals surface area (Å²) in [4.78, 5) is 22.5. The van der Waals surface area contributed by atoms with Crippen molar-refractivity contribution < 1.29 is 14.7 Å². The van der Waals surface area contributed by atoms with E-state index in [1.165, 1.54) is 0 Å². The van der Waals surface area contributed by atoms with Crippen molar-refractivity contribution in [1.29, 1.82) is 0 Å². The van der Waals surface area contributed by atoms with Gasteiger partial charge in [-0.1, -0.05) is 19.3 Å². The van der Waals surface area contributed by atoms with Gasteiger partial charge >= 0.3 is 5.97 Å². The molecule has 0 amide bonds. The highest BCUT2D eigenvalue weighted by Gasteiger charge is 2.19. The van der Waals surface area contributed by atoms with E-state index in [1.807, 2.05) is 0 Å². The Morgan fingerprint density at radius 3 is 2.28 bits per heavy atom. The largest absolute Gasteiger partial charge is 0.481 e. The Balaban J connectivity index is 3.65. The van der Waals surface area contributed by atoms with Gasteiger partial charge in [0.2, 0.25) is 0 Å². The summed E-state index contributed by atoms with van der Waals surface area (Å²) < 4.78 is 0. The third kappa shape index (κ3) is 9.48. The van der Waals surface area contributed by atoms with Crippen LogP contribution in [-0.2, 0) is 9.59 Å². The number of Topliss-reactive ketones (excluding diaryl/α,β-unsaturated/α-hetero) is 1. The molecule has 0 saturated carbocycles. The van der Waals surface area contributed by atoms with Crippen LogP contribution in [0.4, 0.5) is 0 Å². The lowest BCUT2D eigenvalue weighted by Crippen LogP contribution is -2.18. The molecule has 0 bridgehead atoms. The Kier molecular flexibility index (Phi) is 11.2. The summed E-state index contributed by atoms with van der Waals surface area (Å²) >= 11 is 4.01. The lowest BCUT2D eigenvalue weighted by molar-refractivity contribution is -0.143. The molecule has 3 N–H and O–H groups in total. The highest BCUT2D eigenvalue weighted by Crippen LogP contribution is 2.14. The zero-order chi connectivity index (χ0) is 13.8. The van der Waals surface area contributed by atoms with Crippen LogP contribution < -0.4 is 5.73 Å². The number of ketones is 1. The van der Waals surface area contributed by atoms with Gasteiger partial charge < -0.3 is 10.8 Å². The molecule has 0 spiro atoms. The first-order valence-electron chi connectivity index (χ1n) is 6.67. The van der Waals surface area contributed by atoms with E-state index >= 15 is 0 Å². The predicted molar refractivity (Wildman–Crippen MR) is 76.0 cm³/mol. The number of carboxylic acid groups (broad SMARTS) is 1. The number of hydrogen-bond acceptors (Lipinski definition) is 4. The predicted octanol–water partition coefficient (Wildman–Crippen LogP) is 2.27. The second-order valence-corrected chi connectivity index (χ2v) is 5.04. The van der Waals surface area contributed by atoms with Crippen molar-refractivity contribution in [3.05, 3.63) is 0 Å². The minimum Gasteiger partial charge on any atom is -0.481 e. The minimum absolute atomic E-state index is 0.0583. The quantitative estimate of drug-likeness (QED) is 0.377. The molecule has 0 heterocycles. The van der Waals surface area contributed by atoms with Gasteiger partial charge in [-0.3, -0.25) is 9.59 Å². The number of aliphatic carboxylic acids is 1. The Hall–Kier alpha value is -0.550. The van der Waals surface area contributed by atoms with E-state index in [2.05, 4.69) is 12.6 Å². The molecule has 0 fully saturated rings. The van der Waals surface area contributed by atoms with E-state index in [9.17, 15) is 9.59 Å². The first-order chi connectivity index (χ1) is 8.61. The second-order valence-electron chi connectivity index (χ2n) is 4.60. The average molecular weight is 275 g/mol. The molecule has 0 radical (unpaired) electrons. The third-order valence-electron chi connectivity index (χ3n) is 2.96. The van der Waals surface area contributed by atoms with Gasteiger partial charge in [0.05, 0.1) is 5.92 Å². The molecule has 0 aromatic heterocycles. The number of carbonyl (C=O) groups excluding carboxylic acids is 1. The number of nitrogens with two attached hydrogens (primary N) is 1. The molecular formula is C13H25NO3S. The smallest absolute Gasteiger partial charge is 0.306 e. The van der Waals surface area contributed by atoms with E-state index in [0.29, 0.717) is 18.6 Å². The van der Waals surface area contributed by atoms with Crippen molar-refractivity contribution in [3.63, 3.8) is 0 Å². The molecule has 0 rings (SSSR count). The number of rotatable bonds is 12. The maximum atomic E-state index is 11.6. The Morgan fingerprint density at radius 1 is 1.11 bits per heavy atom. The standard InChI is InChI=1S/C13H25NO3S/c14-8-5-3-1-2-4-6-12(15)10-11(7-9-18)13(16)17/h11,18H,1-10,14H2,(H,16,17). The van der Waals surface area contributed by atoms with Gasteiger partial charge in [0.1, 0.15) is 5.78 Å². The number of unbranched alkanes of at least 4 members (excludes halogenated alkanes) is 4. The molecule has 1 unspecified atom stereocenters. The lowest BCUT2D eigenvalue weighted by atomic mass is 9.97. The van der Waals surface area contributed by atoms with Crippen LogP contribution in [0.2, 0.25) is 0 Å². The van der Waals surface area contributed by atoms with Gasteiger partial charge in [0, 0.05) is 12.8 Å². The maximum absolute atomic E-state index is 11.6. The van der Waals surface area contributed by atoms with Crippen LogP contribution >= 0.6 is 12.6 Å². The highest BCUT2D eigenvalue weighted by molar-refractivity contribution is 7.80. The van der Waals surface area contributed by atoms with E-state index in [1.54, 1.807) is 0 Å². The van der Waals surface area contributed by atoms with E-state index in [4.69, 9.17) is 10.8 Å². The molecule has 0 aromatic carbocycles. The van der Waals surface area contributed by atoms with E-state index in [-0.39, 0.29) is 12.2 Å². The van der Waals surface area contributed by atoms with Gasteiger partial charge in [-0.25, -0.2) is 0 Å². The van der Waals surface area contributed by atoms with Gasteiger partial charge in [-0.15, -0.1) is 0 Å². The van der Waals surface area contributed by atoms with Crippen LogP contribution in [0, 0.1) is 5.92 Å². The normalized spacial score (nSPS) is 12.3. The fraction of sp³-hybridized carbons (Fsp3) is 0.846. The van der Waals surface area contributed by atoms with Crippen LogP contribution in [0.15, 0.2) is 0 Å². The van der Waals surface area contributed by atoms with Crippen molar-refractivity contribution in [2.24, 2.45) is 11.7 Å². The van der Waals surface area contributed by atoms with Gasteiger partial charge in [-0.2, -0.15) is 12.6 Å². The SMILES string of the molecule is NCCCCCCCC(=O)CC(CCS)C(=O)O. The van der Waals surface area contributed by atoms with Gasteiger partial charge in [0.25, 0.3) is 0 Å². The van der Waals surface area contributed by atoms with E-state index < -0.39 is 11.9 Å². The molecule has 0 aromatic rings. The second kappa shape index (κ2) is 11.5. The van der Waals surface area contributed by atoms with E-state index in [0.717, 1.165) is 38.6 Å². The summed E-state index contributed by atoms with van der Waals surface area (Å²) in [5.74, 6) is -0.890. The fourth-order valence-corrected chi connectivity index (χ4v) is 2.15. The summed E-state index contributed by atoms with van der Waals surface area (Å²) in [6.07, 6.45) is 6.24. The Bertz CT molecular complexity index is 246. The molecule has 0 saturated heterocycles. The lowest BCUT2D eigenvalue weighted by Gasteiger charge is -2.09. The summed E-state index contributed by atoms with van der Waals surface area (Å²) in [7, 11) is 0. The molecule has 0 aliphatic heterocycles. The number of hydrogen-bond donors (Lipinski definition) is 3. The zero-order valence-electron chi connectivity index (χ0n) is 10.9. The van der Waals surface area contributed by atoms with Crippen molar-refractivity contribution in [3.8, 4) is 0 Å². The Labute approximate surface area is 115 Å². The van der Waals surface area contributed by atoms with Gasteiger partial charge in [-0.05, 0) is 31.6 Å². The highest BCUT2D eigenvalue weighted by atomic mass is 32.1. The number of thiol groups is 1. The fourth-order valence-electron chi connectivity index (χ4n) is 1.84. The zero-order valence-corrected chi connectivity index (χ0v) is 11.8. The molecular weight excluding hydrogens is 250 g/mol. The van der Waals surface area contributed by atoms with Crippen LogP contribution in [0.25, 0.3) is 0 Å². The molecule has 0 aliphatic rings. The summed E-state index contributed by atoms with van der Waals surface area (Å²) in [6, 6.07) is 0. The topological polar surface area (TPSA) is 80.4 Å². The van der Waals surface area contributed by atoms with Crippen LogP contribution in [-0.4, -0.2) is 29.2 Å². The monoisotopic (exact) mass is 275 g/mol. The summed E-state index contributed by atoms with van der Waals surface area (Å²) in [5, 5.41) is 8.92. The van der Waals surface area contributed by atoms with Crippen LogP contribution in [0.5, 0.6) is 0 Å². The molecule has 0 aliphatic carbocycles. The van der Waals surface area contributed by atoms with Crippen molar-refractivity contribution in [2.75, 3.05) is 12.3 Å². The molecule has 106 valence electrons. The first-order valence-corrected chi connectivity index (χ1v) is 7.30. The number of carboxylic acids is 1. The van der Waals surface area contributed by atoms with Crippen molar-refractivity contribution in [1.82, 2.24) is 0 Å². The first kappa shape index (κ1) is 17.4. The van der Waals surface area contributed by atoms with Gasteiger partial charge in [0.15, 0.2) is 0 Å². The molecule has 5 heteroatoms. The molecule has 1 atom stereocenters. The summed E-state index contributed by atoms with van der Waals surface area (Å²) in [6.45, 7) is 0.725. The van der Waals surface area contributed by atoms with Crippen LogP contribution in [0.3, 0.4) is 0 Å². The van der Waals surface area contributed by atoms with Crippen LogP contribution in [0.1, 0.15) is 51.4 Å². The van der Waals surface area contributed by atoms with Crippen molar-refractivity contribution in [2.45, 2.75) is 51.4 Å². The minimum atomic E-state index is -0.889.